The van der Waals surface area contributed by atoms with Crippen molar-refractivity contribution in [1.82, 2.24) is 4.98 Å². The second-order valence-corrected chi connectivity index (χ2v) is 4.07. The average Bonchev–Trinajstić information content (AvgIpc) is 2.28. The van der Waals surface area contributed by atoms with Crippen molar-refractivity contribution in [3.05, 3.63) is 18.0 Å². The second-order valence-electron chi connectivity index (χ2n) is 4.07. The molecule has 0 bridgehead atoms. The first-order valence-electron chi connectivity index (χ1n) is 5.54. The highest BCUT2D eigenvalue weighted by Crippen LogP contribution is 2.31. The summed E-state index contributed by atoms with van der Waals surface area (Å²) in [6.45, 7) is 1.86. The van der Waals surface area contributed by atoms with Gasteiger partial charge in [0.15, 0.2) is 0 Å². The van der Waals surface area contributed by atoms with Crippen molar-refractivity contribution in [3.8, 4) is 0 Å². The van der Waals surface area contributed by atoms with Gasteiger partial charge in [-0.3, -0.25) is 0 Å². The summed E-state index contributed by atoms with van der Waals surface area (Å²) in [5, 5.41) is 11.6. The molecule has 0 spiro atoms. The Bertz CT molecular complexity index is 396. The molecule has 1 aromatic heterocycles. The molecule has 1 atom stereocenters. The highest BCUT2D eigenvalue weighted by molar-refractivity contribution is 5.65. The van der Waals surface area contributed by atoms with Crippen molar-refractivity contribution >= 4 is 11.4 Å². The third-order valence-electron chi connectivity index (χ3n) is 2.42. The Kier molecular flexibility index (Phi) is 4.77. The zero-order chi connectivity index (χ0) is 13.8. The number of aromatic nitrogens is 1. The van der Waals surface area contributed by atoms with Crippen LogP contribution in [-0.2, 0) is 6.18 Å². The molecule has 1 aromatic rings. The highest BCUT2D eigenvalue weighted by atomic mass is 19.4. The van der Waals surface area contributed by atoms with E-state index in [0.717, 1.165) is 12.3 Å². The van der Waals surface area contributed by atoms with E-state index in [1.807, 2.05) is 6.92 Å². The predicted molar refractivity (Wildman–Crippen MR) is 63.1 cm³/mol. The van der Waals surface area contributed by atoms with E-state index < -0.39 is 11.9 Å². The fraction of sp³-hybridized carbons (Fsp3) is 0.545. The van der Waals surface area contributed by atoms with Gasteiger partial charge < -0.3 is 16.2 Å². The first kappa shape index (κ1) is 14.6. The van der Waals surface area contributed by atoms with Crippen LogP contribution in [0.2, 0.25) is 0 Å². The maximum absolute atomic E-state index is 12.5. The first-order valence-corrected chi connectivity index (χ1v) is 5.54. The quantitative estimate of drug-likeness (QED) is 0.762. The van der Waals surface area contributed by atoms with Crippen LogP contribution in [0.3, 0.4) is 0 Å². The minimum absolute atomic E-state index is 0.0473. The molecule has 0 fully saturated rings. The second kappa shape index (κ2) is 5.90. The third kappa shape index (κ3) is 4.06. The zero-order valence-corrected chi connectivity index (χ0v) is 9.96. The van der Waals surface area contributed by atoms with E-state index in [4.69, 9.17) is 10.8 Å². The molecule has 7 heteroatoms. The van der Waals surface area contributed by atoms with E-state index in [1.165, 1.54) is 0 Å². The molecule has 102 valence electrons. The number of anilines is 2. The number of hydrogen-bond acceptors (Lipinski definition) is 4. The van der Waals surface area contributed by atoms with Crippen molar-refractivity contribution < 1.29 is 18.3 Å². The molecule has 0 aliphatic rings. The Balaban J connectivity index is 2.81. The minimum Gasteiger partial charge on any atom is -0.396 e. The molecular formula is C11H16F3N3O. The Morgan fingerprint density at radius 2 is 2.17 bits per heavy atom. The molecule has 1 heterocycles. The van der Waals surface area contributed by atoms with Gasteiger partial charge in [-0.2, -0.15) is 13.2 Å². The number of aliphatic hydroxyl groups is 1. The number of nitrogens with one attached hydrogen (secondary N) is 1. The number of nitrogens with zero attached hydrogens (tertiary/aromatic N) is 1. The number of alkyl halides is 3. The van der Waals surface area contributed by atoms with Crippen LogP contribution in [-0.4, -0.2) is 22.7 Å². The van der Waals surface area contributed by atoms with E-state index in [1.54, 1.807) is 0 Å². The lowest BCUT2D eigenvalue weighted by atomic mass is 10.1. The summed E-state index contributed by atoms with van der Waals surface area (Å²) in [5.74, 6) is 0. The van der Waals surface area contributed by atoms with E-state index in [-0.39, 0.29) is 24.0 Å². The lowest BCUT2D eigenvalue weighted by Gasteiger charge is -2.17. The summed E-state index contributed by atoms with van der Waals surface area (Å²) in [7, 11) is 0. The number of halogens is 3. The minimum atomic E-state index is -4.49. The largest absolute Gasteiger partial charge is 0.433 e. The van der Waals surface area contributed by atoms with Crippen LogP contribution in [0.4, 0.5) is 24.5 Å². The van der Waals surface area contributed by atoms with Crippen molar-refractivity contribution in [2.75, 3.05) is 17.7 Å². The van der Waals surface area contributed by atoms with Crippen LogP contribution in [0.1, 0.15) is 25.5 Å². The Labute approximate surface area is 103 Å². The standard InChI is InChI=1S/C11H16F3N3O/c1-7(3-2-4-18)17-9-5-10(11(12,13)14)16-6-8(9)15/h5-7,18H,2-4,15H2,1H3,(H,16,17). The van der Waals surface area contributed by atoms with Gasteiger partial charge in [0.05, 0.1) is 17.6 Å². The lowest BCUT2D eigenvalue weighted by Crippen LogP contribution is -2.18. The van der Waals surface area contributed by atoms with Crippen molar-refractivity contribution in [2.24, 2.45) is 0 Å². The first-order chi connectivity index (χ1) is 8.34. The summed E-state index contributed by atoms with van der Waals surface area (Å²) in [6.07, 6.45) is -2.28. The normalized spacial score (nSPS) is 13.4. The monoisotopic (exact) mass is 263 g/mol. The number of nitrogen functional groups attached to an aromatic ring is 1. The van der Waals surface area contributed by atoms with Crippen LogP contribution in [0.15, 0.2) is 12.3 Å². The number of aliphatic hydroxyl groups excluding tert-OH is 1. The third-order valence-corrected chi connectivity index (χ3v) is 2.42. The van der Waals surface area contributed by atoms with Crippen LogP contribution >= 0.6 is 0 Å². The van der Waals surface area contributed by atoms with Gasteiger partial charge in [-0.15, -0.1) is 0 Å². The molecule has 0 aromatic carbocycles. The maximum Gasteiger partial charge on any atom is 0.433 e. The zero-order valence-electron chi connectivity index (χ0n) is 9.96. The summed E-state index contributed by atoms with van der Waals surface area (Å²) in [6, 6.07) is 0.813. The fourth-order valence-corrected chi connectivity index (χ4v) is 1.48. The number of hydrogen-bond donors (Lipinski definition) is 3. The average molecular weight is 263 g/mol. The molecule has 4 nitrogen and oxygen atoms in total. The molecule has 0 aliphatic carbocycles. The van der Waals surface area contributed by atoms with Gasteiger partial charge in [-0.1, -0.05) is 0 Å². The van der Waals surface area contributed by atoms with Crippen molar-refractivity contribution in [1.29, 1.82) is 0 Å². The van der Waals surface area contributed by atoms with Gasteiger partial charge in [0.25, 0.3) is 0 Å². The molecule has 4 N–H and O–H groups in total. The summed E-state index contributed by atoms with van der Waals surface area (Å²) in [4.78, 5) is 3.25. The molecule has 1 rings (SSSR count). The van der Waals surface area contributed by atoms with Crippen molar-refractivity contribution in [3.63, 3.8) is 0 Å². The SMILES string of the molecule is CC(CCCO)Nc1cc(C(F)(F)F)ncc1N. The molecule has 0 amide bonds. The van der Waals surface area contributed by atoms with Crippen LogP contribution in [0.25, 0.3) is 0 Å². The van der Waals surface area contributed by atoms with Crippen LogP contribution in [0, 0.1) is 0 Å². The summed E-state index contributed by atoms with van der Waals surface area (Å²) in [5.41, 5.74) is 4.97. The van der Waals surface area contributed by atoms with Gasteiger partial charge in [-0.05, 0) is 25.8 Å². The fourth-order valence-electron chi connectivity index (χ4n) is 1.48. The van der Waals surface area contributed by atoms with E-state index in [9.17, 15) is 13.2 Å². The van der Waals surface area contributed by atoms with Crippen LogP contribution < -0.4 is 11.1 Å². The van der Waals surface area contributed by atoms with E-state index >= 15 is 0 Å². The maximum atomic E-state index is 12.5. The topological polar surface area (TPSA) is 71.2 Å². The molecule has 0 saturated heterocycles. The Morgan fingerprint density at radius 3 is 2.72 bits per heavy atom. The van der Waals surface area contributed by atoms with Crippen LogP contribution in [0.5, 0.6) is 0 Å². The lowest BCUT2D eigenvalue weighted by molar-refractivity contribution is -0.141. The van der Waals surface area contributed by atoms with Gasteiger partial charge in [0.1, 0.15) is 5.69 Å². The molecule has 0 aliphatic heterocycles. The number of pyridine rings is 1. The predicted octanol–water partition coefficient (Wildman–Crippen LogP) is 2.26. The Hall–Kier alpha value is -1.50. The molecule has 0 saturated carbocycles. The van der Waals surface area contributed by atoms with Gasteiger partial charge in [-0.25, -0.2) is 4.98 Å². The Morgan fingerprint density at radius 1 is 1.50 bits per heavy atom. The smallest absolute Gasteiger partial charge is 0.396 e. The number of nitrogens with two attached hydrogens (primary N) is 1. The van der Waals surface area contributed by atoms with Crippen molar-refractivity contribution in [2.45, 2.75) is 32.0 Å². The number of rotatable bonds is 5. The highest BCUT2D eigenvalue weighted by Gasteiger charge is 2.33. The van der Waals surface area contributed by atoms with E-state index in [2.05, 4.69) is 10.3 Å². The molecule has 18 heavy (non-hydrogen) atoms. The van der Waals surface area contributed by atoms with E-state index in [0.29, 0.717) is 12.8 Å². The summed E-state index contributed by atoms with van der Waals surface area (Å²) < 4.78 is 37.4. The molecular weight excluding hydrogens is 247 g/mol. The summed E-state index contributed by atoms with van der Waals surface area (Å²) >= 11 is 0. The van der Waals surface area contributed by atoms with Gasteiger partial charge in [0, 0.05) is 12.6 Å². The molecule has 1 unspecified atom stereocenters. The molecule has 0 radical (unpaired) electrons. The van der Waals surface area contributed by atoms with Gasteiger partial charge >= 0.3 is 6.18 Å². The van der Waals surface area contributed by atoms with Gasteiger partial charge in [0.2, 0.25) is 0 Å².